The smallest absolute Gasteiger partial charge is 0.143 e. The summed E-state index contributed by atoms with van der Waals surface area (Å²) >= 11 is 1.68. The van der Waals surface area contributed by atoms with Gasteiger partial charge in [-0.1, -0.05) is 0 Å². The van der Waals surface area contributed by atoms with Gasteiger partial charge in [-0.15, -0.1) is 11.3 Å². The highest BCUT2D eigenvalue weighted by atomic mass is 32.1. The van der Waals surface area contributed by atoms with Gasteiger partial charge >= 0.3 is 0 Å². The van der Waals surface area contributed by atoms with Crippen molar-refractivity contribution in [3.8, 4) is 10.6 Å². The summed E-state index contributed by atoms with van der Waals surface area (Å²) in [5.41, 5.74) is 5.76. The van der Waals surface area contributed by atoms with Gasteiger partial charge in [-0.2, -0.15) is 0 Å². The number of thiophene rings is 1. The number of furan rings is 1. The maximum absolute atomic E-state index is 5.76. The Kier molecular flexibility index (Phi) is 2.20. The summed E-state index contributed by atoms with van der Waals surface area (Å²) in [4.78, 5) is 2.32. The van der Waals surface area contributed by atoms with Crippen molar-refractivity contribution >= 4 is 11.3 Å². The third-order valence-corrected chi connectivity index (χ3v) is 3.14. The van der Waals surface area contributed by atoms with Crippen molar-refractivity contribution in [2.24, 2.45) is 5.73 Å². The molecular weight excluding hydrogens is 182 g/mol. The molecule has 0 aromatic carbocycles. The van der Waals surface area contributed by atoms with E-state index >= 15 is 0 Å². The molecular formula is C10H11NOS. The van der Waals surface area contributed by atoms with Gasteiger partial charge in [-0.25, -0.2) is 0 Å². The van der Waals surface area contributed by atoms with Crippen LogP contribution in [0.3, 0.4) is 0 Å². The zero-order chi connectivity index (χ0) is 9.26. The van der Waals surface area contributed by atoms with Crippen molar-refractivity contribution in [2.75, 3.05) is 0 Å². The van der Waals surface area contributed by atoms with Gasteiger partial charge in [0.15, 0.2) is 0 Å². The first-order valence-electron chi connectivity index (χ1n) is 4.16. The SMILES string of the molecule is C[C@@H](N)c1ccc(-c2ccco2)s1. The lowest BCUT2D eigenvalue weighted by atomic mass is 10.3. The Hall–Kier alpha value is -1.06. The summed E-state index contributed by atoms with van der Waals surface area (Å²) in [6, 6.07) is 8.04. The lowest BCUT2D eigenvalue weighted by Crippen LogP contribution is -2.01. The Balaban J connectivity index is 2.33. The molecule has 0 saturated heterocycles. The average Bonchev–Trinajstić information content (AvgIpc) is 2.75. The van der Waals surface area contributed by atoms with Crippen molar-refractivity contribution in [2.45, 2.75) is 13.0 Å². The second kappa shape index (κ2) is 3.36. The topological polar surface area (TPSA) is 39.2 Å². The monoisotopic (exact) mass is 193 g/mol. The Morgan fingerprint density at radius 3 is 2.77 bits per heavy atom. The molecule has 2 aromatic rings. The van der Waals surface area contributed by atoms with Crippen molar-refractivity contribution in [1.29, 1.82) is 0 Å². The number of hydrogen-bond acceptors (Lipinski definition) is 3. The van der Waals surface area contributed by atoms with Gasteiger partial charge in [0.1, 0.15) is 5.76 Å². The van der Waals surface area contributed by atoms with Crippen LogP contribution in [0.25, 0.3) is 10.6 Å². The number of nitrogens with two attached hydrogens (primary N) is 1. The molecule has 0 bridgehead atoms. The molecule has 0 spiro atoms. The van der Waals surface area contributed by atoms with E-state index < -0.39 is 0 Å². The fourth-order valence-corrected chi connectivity index (χ4v) is 2.08. The van der Waals surface area contributed by atoms with Crippen LogP contribution >= 0.6 is 11.3 Å². The highest BCUT2D eigenvalue weighted by molar-refractivity contribution is 7.15. The van der Waals surface area contributed by atoms with E-state index in [1.54, 1.807) is 17.6 Å². The highest BCUT2D eigenvalue weighted by Crippen LogP contribution is 2.30. The van der Waals surface area contributed by atoms with Crippen LogP contribution in [0.1, 0.15) is 17.8 Å². The second-order valence-corrected chi connectivity index (χ2v) is 4.08. The van der Waals surface area contributed by atoms with E-state index in [2.05, 4.69) is 0 Å². The fraction of sp³-hybridized carbons (Fsp3) is 0.200. The molecule has 0 aliphatic heterocycles. The normalized spacial score (nSPS) is 13.1. The quantitative estimate of drug-likeness (QED) is 0.796. The third kappa shape index (κ3) is 1.66. The van der Waals surface area contributed by atoms with Crippen LogP contribution in [0.15, 0.2) is 34.9 Å². The highest BCUT2D eigenvalue weighted by Gasteiger charge is 2.06. The third-order valence-electron chi connectivity index (χ3n) is 1.84. The molecule has 2 aromatic heterocycles. The van der Waals surface area contributed by atoms with Crippen LogP contribution in [-0.4, -0.2) is 0 Å². The first kappa shape index (κ1) is 8.53. The molecule has 0 aliphatic rings. The van der Waals surface area contributed by atoms with Gasteiger partial charge in [0.25, 0.3) is 0 Å². The van der Waals surface area contributed by atoms with Crippen LogP contribution in [-0.2, 0) is 0 Å². The molecule has 0 aliphatic carbocycles. The summed E-state index contributed by atoms with van der Waals surface area (Å²) in [5, 5.41) is 0. The average molecular weight is 193 g/mol. The second-order valence-electron chi connectivity index (χ2n) is 2.97. The Morgan fingerprint density at radius 1 is 1.38 bits per heavy atom. The van der Waals surface area contributed by atoms with Crippen LogP contribution in [0.4, 0.5) is 0 Å². The summed E-state index contributed by atoms with van der Waals surface area (Å²) in [5.74, 6) is 0.914. The standard InChI is InChI=1S/C10H11NOS/c1-7(11)9-4-5-10(13-9)8-3-2-6-12-8/h2-7H,11H2,1H3/t7-/m1/s1. The minimum Gasteiger partial charge on any atom is -0.464 e. The summed E-state index contributed by atoms with van der Waals surface area (Å²) < 4.78 is 5.28. The minimum atomic E-state index is 0.105. The summed E-state index contributed by atoms with van der Waals surface area (Å²) in [7, 11) is 0. The van der Waals surface area contributed by atoms with Crippen molar-refractivity contribution < 1.29 is 4.42 Å². The zero-order valence-corrected chi connectivity index (χ0v) is 8.17. The molecule has 0 saturated carbocycles. The predicted molar refractivity (Wildman–Crippen MR) is 54.6 cm³/mol. The Morgan fingerprint density at radius 2 is 2.23 bits per heavy atom. The first-order chi connectivity index (χ1) is 6.27. The lowest BCUT2D eigenvalue weighted by Gasteiger charge is -1.97. The molecule has 0 unspecified atom stereocenters. The number of hydrogen-bond donors (Lipinski definition) is 1. The van der Waals surface area contributed by atoms with Crippen molar-refractivity contribution in [1.82, 2.24) is 0 Å². The van der Waals surface area contributed by atoms with E-state index in [-0.39, 0.29) is 6.04 Å². The Labute approximate surface area is 81.0 Å². The lowest BCUT2D eigenvalue weighted by molar-refractivity contribution is 0.584. The van der Waals surface area contributed by atoms with Gasteiger partial charge < -0.3 is 10.2 Å². The van der Waals surface area contributed by atoms with Crippen LogP contribution in [0.2, 0.25) is 0 Å². The van der Waals surface area contributed by atoms with Crippen molar-refractivity contribution in [3.63, 3.8) is 0 Å². The molecule has 13 heavy (non-hydrogen) atoms. The van der Waals surface area contributed by atoms with E-state index in [1.165, 1.54) is 4.88 Å². The van der Waals surface area contributed by atoms with E-state index in [0.717, 1.165) is 10.6 Å². The van der Waals surface area contributed by atoms with Gasteiger partial charge in [0.2, 0.25) is 0 Å². The Bertz CT molecular complexity index is 375. The van der Waals surface area contributed by atoms with Crippen LogP contribution in [0.5, 0.6) is 0 Å². The molecule has 2 nitrogen and oxygen atoms in total. The van der Waals surface area contributed by atoms with Gasteiger partial charge in [-0.3, -0.25) is 0 Å². The molecule has 68 valence electrons. The van der Waals surface area contributed by atoms with E-state index in [9.17, 15) is 0 Å². The van der Waals surface area contributed by atoms with E-state index in [0.29, 0.717) is 0 Å². The molecule has 2 N–H and O–H groups in total. The zero-order valence-electron chi connectivity index (χ0n) is 7.36. The van der Waals surface area contributed by atoms with Gasteiger partial charge in [0.05, 0.1) is 11.1 Å². The van der Waals surface area contributed by atoms with Gasteiger partial charge in [-0.05, 0) is 31.2 Å². The van der Waals surface area contributed by atoms with E-state index in [1.807, 2.05) is 31.2 Å². The predicted octanol–water partition coefficient (Wildman–Crippen LogP) is 3.03. The molecule has 0 radical (unpaired) electrons. The van der Waals surface area contributed by atoms with Crippen LogP contribution in [0, 0.1) is 0 Å². The summed E-state index contributed by atoms with van der Waals surface area (Å²) in [6.07, 6.45) is 1.68. The largest absolute Gasteiger partial charge is 0.464 e. The maximum Gasteiger partial charge on any atom is 0.143 e. The fourth-order valence-electron chi connectivity index (χ4n) is 1.15. The van der Waals surface area contributed by atoms with E-state index in [4.69, 9.17) is 10.2 Å². The molecule has 2 rings (SSSR count). The molecule has 0 fully saturated rings. The maximum atomic E-state index is 5.76. The van der Waals surface area contributed by atoms with Crippen LogP contribution < -0.4 is 5.73 Å². The summed E-state index contributed by atoms with van der Waals surface area (Å²) in [6.45, 7) is 1.98. The molecule has 0 amide bonds. The molecule has 3 heteroatoms. The van der Waals surface area contributed by atoms with Crippen molar-refractivity contribution in [3.05, 3.63) is 35.4 Å². The minimum absolute atomic E-state index is 0.105. The number of rotatable bonds is 2. The molecule has 2 heterocycles. The first-order valence-corrected chi connectivity index (χ1v) is 4.98. The molecule has 1 atom stereocenters. The van der Waals surface area contributed by atoms with Gasteiger partial charge in [0, 0.05) is 10.9 Å².